The molecule has 1 saturated carbocycles. The third-order valence-corrected chi connectivity index (χ3v) is 5.70. The molecule has 0 spiro atoms. The minimum atomic E-state index is -4.25. The smallest absolute Gasteiger partial charge is 0.261 e. The maximum absolute atomic E-state index is 15.2. The Morgan fingerprint density at radius 1 is 1.10 bits per heavy atom. The summed E-state index contributed by atoms with van der Waals surface area (Å²) in [5, 5.41) is 0. The van der Waals surface area contributed by atoms with Crippen molar-refractivity contribution in [1.29, 1.82) is 0 Å². The van der Waals surface area contributed by atoms with E-state index in [-0.39, 0.29) is 0 Å². The summed E-state index contributed by atoms with van der Waals surface area (Å²) in [7, 11) is 0. The van der Waals surface area contributed by atoms with Crippen LogP contribution in [0, 0.1) is 0 Å². The number of rotatable bonds is 10. The standard InChI is InChI=1S/C25H33F4N/c1-5-8-9-10-13-19-16-20(22(30-7-3)17-18(19)6-2)23-21(24(23,4)26)14-11-12-15-25(27,28)29/h7,11-12,14,16-17,23H,5-6,8-10,13,15H2,1-4H3/b12-11-,21-14-,30-7+. The zero-order valence-corrected chi connectivity index (χ0v) is 18.5. The molecule has 0 amide bonds. The second kappa shape index (κ2) is 10.4. The number of hydrogen-bond donors (Lipinski definition) is 0. The van der Waals surface area contributed by atoms with Crippen LogP contribution in [0.25, 0.3) is 0 Å². The Morgan fingerprint density at radius 3 is 2.43 bits per heavy atom. The zero-order valence-electron chi connectivity index (χ0n) is 18.5. The van der Waals surface area contributed by atoms with Gasteiger partial charge in [0, 0.05) is 12.1 Å². The lowest BCUT2D eigenvalue weighted by molar-refractivity contribution is -0.125. The molecule has 1 aromatic rings. The predicted molar refractivity (Wildman–Crippen MR) is 118 cm³/mol. The molecule has 0 bridgehead atoms. The van der Waals surface area contributed by atoms with Crippen LogP contribution in [0.1, 0.15) is 82.4 Å². The van der Waals surface area contributed by atoms with Crippen LogP contribution in [0.15, 0.2) is 40.9 Å². The first-order chi connectivity index (χ1) is 14.2. The molecule has 0 radical (unpaired) electrons. The van der Waals surface area contributed by atoms with Gasteiger partial charge in [-0.25, -0.2) is 4.39 Å². The van der Waals surface area contributed by atoms with Crippen molar-refractivity contribution in [2.75, 3.05) is 0 Å². The van der Waals surface area contributed by atoms with Gasteiger partial charge in [-0.2, -0.15) is 13.2 Å². The highest BCUT2D eigenvalue weighted by Gasteiger charge is 2.58. The van der Waals surface area contributed by atoms with Gasteiger partial charge in [0.25, 0.3) is 0 Å². The van der Waals surface area contributed by atoms with E-state index in [4.69, 9.17) is 0 Å². The molecule has 30 heavy (non-hydrogen) atoms. The number of alkyl halides is 4. The molecule has 2 rings (SSSR count). The Balaban J connectivity index is 2.33. The highest BCUT2D eigenvalue weighted by Crippen LogP contribution is 2.61. The Labute approximate surface area is 178 Å². The largest absolute Gasteiger partial charge is 0.392 e. The summed E-state index contributed by atoms with van der Waals surface area (Å²) in [4.78, 5) is 4.47. The number of allylic oxidation sites excluding steroid dienone is 4. The van der Waals surface area contributed by atoms with Crippen LogP contribution >= 0.6 is 0 Å². The fraction of sp³-hybridized carbons (Fsp3) is 0.560. The van der Waals surface area contributed by atoms with Crippen molar-refractivity contribution in [3.05, 3.63) is 52.6 Å². The van der Waals surface area contributed by atoms with E-state index < -0.39 is 24.2 Å². The third kappa shape index (κ3) is 6.29. The lowest BCUT2D eigenvalue weighted by Gasteiger charge is -2.14. The van der Waals surface area contributed by atoms with E-state index in [0.29, 0.717) is 5.57 Å². The van der Waals surface area contributed by atoms with Crippen molar-refractivity contribution in [3.8, 4) is 0 Å². The SMILES string of the molecule is C/C=N/c1cc(CC)c(CCCCCC)cc1C1/C(=C/C=C\CC(F)(F)F)C1(C)F. The summed E-state index contributed by atoms with van der Waals surface area (Å²) in [5.74, 6) is -0.466. The van der Waals surface area contributed by atoms with E-state index in [0.717, 1.165) is 36.6 Å². The average Bonchev–Trinajstić information content (AvgIpc) is 3.22. The van der Waals surface area contributed by atoms with Crippen LogP contribution in [-0.2, 0) is 12.8 Å². The summed E-state index contributed by atoms with van der Waals surface area (Å²) < 4.78 is 52.2. The van der Waals surface area contributed by atoms with Gasteiger partial charge < -0.3 is 0 Å². The molecule has 1 nitrogen and oxygen atoms in total. The number of nitrogens with zero attached hydrogens (tertiary/aromatic N) is 1. The third-order valence-electron chi connectivity index (χ3n) is 5.70. The van der Waals surface area contributed by atoms with E-state index in [1.165, 1.54) is 49.5 Å². The summed E-state index contributed by atoms with van der Waals surface area (Å²) in [6.07, 6.45) is 6.75. The van der Waals surface area contributed by atoms with Crippen LogP contribution in [0.4, 0.5) is 23.2 Å². The number of aliphatic imine (C=N–C) groups is 1. The van der Waals surface area contributed by atoms with Crippen LogP contribution in [0.5, 0.6) is 0 Å². The van der Waals surface area contributed by atoms with Gasteiger partial charge in [-0.15, -0.1) is 0 Å². The van der Waals surface area contributed by atoms with E-state index in [9.17, 15) is 13.2 Å². The van der Waals surface area contributed by atoms with Crippen LogP contribution in [0.2, 0.25) is 0 Å². The number of unbranched alkanes of at least 4 members (excludes halogenated alkanes) is 3. The van der Waals surface area contributed by atoms with Crippen molar-refractivity contribution in [2.24, 2.45) is 4.99 Å². The van der Waals surface area contributed by atoms with Gasteiger partial charge in [0.2, 0.25) is 0 Å². The summed E-state index contributed by atoms with van der Waals surface area (Å²) in [6, 6.07) is 4.13. The summed E-state index contributed by atoms with van der Waals surface area (Å²) in [5.41, 5.74) is 2.99. The van der Waals surface area contributed by atoms with Gasteiger partial charge in [0.1, 0.15) is 5.67 Å². The maximum Gasteiger partial charge on any atom is 0.392 e. The molecule has 166 valence electrons. The number of benzene rings is 1. The minimum absolute atomic E-state index is 0.466. The molecule has 0 N–H and O–H groups in total. The van der Waals surface area contributed by atoms with E-state index >= 15 is 4.39 Å². The number of halogens is 4. The molecule has 1 aliphatic carbocycles. The molecule has 1 aliphatic rings. The quantitative estimate of drug-likeness (QED) is 0.204. The van der Waals surface area contributed by atoms with Crippen LogP contribution in [0.3, 0.4) is 0 Å². The molecule has 2 unspecified atom stereocenters. The van der Waals surface area contributed by atoms with E-state index in [1.54, 1.807) is 6.21 Å². The van der Waals surface area contributed by atoms with Crippen LogP contribution < -0.4 is 0 Å². The molecule has 5 heteroatoms. The first-order valence-electron chi connectivity index (χ1n) is 10.9. The fourth-order valence-electron chi connectivity index (χ4n) is 4.01. The first-order valence-corrected chi connectivity index (χ1v) is 10.9. The topological polar surface area (TPSA) is 12.4 Å². The highest BCUT2D eigenvalue weighted by atomic mass is 19.4. The highest BCUT2D eigenvalue weighted by molar-refractivity contribution is 5.69. The Hall–Kier alpha value is -1.91. The van der Waals surface area contributed by atoms with Gasteiger partial charge in [-0.1, -0.05) is 57.4 Å². The average molecular weight is 424 g/mol. The fourth-order valence-corrected chi connectivity index (χ4v) is 4.01. The second-order valence-electron chi connectivity index (χ2n) is 8.11. The summed E-state index contributed by atoms with van der Waals surface area (Å²) >= 11 is 0. The zero-order chi connectivity index (χ0) is 22.4. The van der Waals surface area contributed by atoms with Gasteiger partial charge in [-0.3, -0.25) is 4.99 Å². The predicted octanol–water partition coefficient (Wildman–Crippen LogP) is 8.35. The summed E-state index contributed by atoms with van der Waals surface area (Å²) in [6.45, 7) is 7.61. The molecule has 1 aromatic carbocycles. The molecule has 0 aromatic heterocycles. The minimum Gasteiger partial charge on any atom is -0.261 e. The molecule has 2 atom stereocenters. The normalized spacial score (nSPS) is 23.2. The molecular formula is C25H33F4N. The molecular weight excluding hydrogens is 390 g/mol. The molecule has 0 saturated heterocycles. The van der Waals surface area contributed by atoms with Gasteiger partial charge in [-0.05, 0) is 61.4 Å². The van der Waals surface area contributed by atoms with Crippen molar-refractivity contribution < 1.29 is 17.6 Å². The second-order valence-corrected chi connectivity index (χ2v) is 8.11. The lowest BCUT2D eigenvalue weighted by atomic mass is 9.93. The molecule has 0 aliphatic heterocycles. The van der Waals surface area contributed by atoms with Crippen molar-refractivity contribution in [3.63, 3.8) is 0 Å². The maximum atomic E-state index is 15.2. The first kappa shape index (κ1) is 24.4. The van der Waals surface area contributed by atoms with Crippen molar-refractivity contribution in [1.82, 2.24) is 0 Å². The molecule has 0 heterocycles. The Morgan fingerprint density at radius 2 is 1.83 bits per heavy atom. The van der Waals surface area contributed by atoms with E-state index in [1.807, 2.05) is 6.92 Å². The lowest BCUT2D eigenvalue weighted by Crippen LogP contribution is -2.03. The van der Waals surface area contributed by atoms with Gasteiger partial charge in [0.15, 0.2) is 0 Å². The van der Waals surface area contributed by atoms with Crippen molar-refractivity contribution >= 4 is 11.9 Å². The Kier molecular flexibility index (Phi) is 8.45. The van der Waals surface area contributed by atoms with Gasteiger partial charge >= 0.3 is 6.18 Å². The molecule has 1 fully saturated rings. The number of aryl methyl sites for hydroxylation is 2. The van der Waals surface area contributed by atoms with Crippen molar-refractivity contribution in [2.45, 2.75) is 90.4 Å². The van der Waals surface area contributed by atoms with E-state index in [2.05, 4.69) is 31.0 Å². The Bertz CT molecular complexity index is 800. The monoisotopic (exact) mass is 423 g/mol. The number of hydrogen-bond acceptors (Lipinski definition) is 1. The van der Waals surface area contributed by atoms with Crippen LogP contribution in [-0.4, -0.2) is 18.1 Å². The van der Waals surface area contributed by atoms with Gasteiger partial charge in [0.05, 0.1) is 12.1 Å².